The molecule has 3 nitrogen and oxygen atoms in total. The van der Waals surface area contributed by atoms with Gasteiger partial charge in [-0.25, -0.2) is 4.57 Å². The zero-order valence-electron chi connectivity index (χ0n) is 12.6. The molecule has 3 heteroatoms. The first-order chi connectivity index (χ1) is 10.8. The molecule has 22 heavy (non-hydrogen) atoms. The van der Waals surface area contributed by atoms with E-state index in [0.717, 1.165) is 16.7 Å². The highest BCUT2D eigenvalue weighted by Crippen LogP contribution is 2.33. The van der Waals surface area contributed by atoms with Gasteiger partial charge in [0.1, 0.15) is 6.20 Å². The van der Waals surface area contributed by atoms with Crippen molar-refractivity contribution in [2.24, 2.45) is 7.05 Å². The van der Waals surface area contributed by atoms with E-state index in [0.29, 0.717) is 0 Å². The number of nitrogens with zero attached hydrogens (tertiary/aromatic N) is 3. The quantitative estimate of drug-likeness (QED) is 0.395. The number of pyridine rings is 1. The Labute approximate surface area is 128 Å². The lowest BCUT2D eigenvalue weighted by atomic mass is 9.96. The van der Waals surface area contributed by atoms with Crippen molar-refractivity contribution < 1.29 is 4.57 Å². The first-order valence-corrected chi connectivity index (χ1v) is 7.34. The topological polar surface area (TPSA) is 29.7 Å². The molecule has 0 spiro atoms. The van der Waals surface area contributed by atoms with Gasteiger partial charge in [0, 0.05) is 28.4 Å². The number of benzene rings is 2. The summed E-state index contributed by atoms with van der Waals surface area (Å²) in [6, 6.07) is 14.5. The van der Waals surface area contributed by atoms with Crippen LogP contribution in [0.25, 0.3) is 33.1 Å². The molecular formula is C19H16N3+. The highest BCUT2D eigenvalue weighted by atomic mass is 15.0. The second-order valence-electron chi connectivity index (χ2n) is 5.55. The molecule has 106 valence electrons. The third-order valence-corrected chi connectivity index (χ3v) is 4.11. The number of rotatable bonds is 1. The SMILES string of the molecule is Cc1ccc2cnc3ccccc3c2c1-c1nccc[n+]1C. The molecule has 4 aromatic rings. The van der Waals surface area contributed by atoms with Crippen molar-refractivity contribution >= 4 is 21.7 Å². The van der Waals surface area contributed by atoms with Gasteiger partial charge >= 0.3 is 5.82 Å². The fourth-order valence-corrected chi connectivity index (χ4v) is 3.03. The van der Waals surface area contributed by atoms with Gasteiger partial charge in [-0.3, -0.25) is 4.98 Å². The number of para-hydroxylation sites is 1. The van der Waals surface area contributed by atoms with Crippen molar-refractivity contribution in [2.75, 3.05) is 0 Å². The number of hydrogen-bond donors (Lipinski definition) is 0. The molecule has 0 amide bonds. The Bertz CT molecular complexity index is 1010. The Morgan fingerprint density at radius 3 is 2.68 bits per heavy atom. The van der Waals surface area contributed by atoms with Crippen molar-refractivity contribution in [3.8, 4) is 11.4 Å². The molecule has 0 atom stereocenters. The van der Waals surface area contributed by atoms with E-state index in [9.17, 15) is 0 Å². The second-order valence-corrected chi connectivity index (χ2v) is 5.55. The first kappa shape index (κ1) is 12.9. The molecule has 0 bridgehead atoms. The molecule has 0 aliphatic carbocycles. The third kappa shape index (κ3) is 1.86. The van der Waals surface area contributed by atoms with Crippen LogP contribution < -0.4 is 4.57 Å². The second kappa shape index (κ2) is 4.88. The maximum Gasteiger partial charge on any atom is 0.330 e. The van der Waals surface area contributed by atoms with Crippen molar-refractivity contribution in [3.63, 3.8) is 0 Å². The van der Waals surface area contributed by atoms with Crippen LogP contribution in [0.4, 0.5) is 0 Å². The zero-order chi connectivity index (χ0) is 15.1. The summed E-state index contributed by atoms with van der Waals surface area (Å²) in [6.07, 6.45) is 5.82. The molecule has 2 heterocycles. The van der Waals surface area contributed by atoms with Gasteiger partial charge in [-0.2, -0.15) is 0 Å². The van der Waals surface area contributed by atoms with Crippen LogP contribution >= 0.6 is 0 Å². The van der Waals surface area contributed by atoms with E-state index in [1.165, 1.54) is 21.9 Å². The summed E-state index contributed by atoms with van der Waals surface area (Å²) in [6.45, 7) is 2.14. The van der Waals surface area contributed by atoms with Crippen LogP contribution in [0.3, 0.4) is 0 Å². The van der Waals surface area contributed by atoms with Crippen LogP contribution in [-0.4, -0.2) is 9.97 Å². The predicted octanol–water partition coefficient (Wildman–Crippen LogP) is 3.58. The lowest BCUT2D eigenvalue weighted by molar-refractivity contribution is -0.663. The van der Waals surface area contributed by atoms with Gasteiger partial charge < -0.3 is 0 Å². The smallest absolute Gasteiger partial charge is 0.256 e. The minimum Gasteiger partial charge on any atom is -0.256 e. The van der Waals surface area contributed by atoms with Gasteiger partial charge in [-0.15, -0.1) is 0 Å². The van der Waals surface area contributed by atoms with Gasteiger partial charge in [-0.05, 0) is 23.5 Å². The van der Waals surface area contributed by atoms with Gasteiger partial charge in [0.05, 0.1) is 24.3 Å². The molecule has 4 rings (SSSR count). The maximum absolute atomic E-state index is 4.61. The van der Waals surface area contributed by atoms with E-state index < -0.39 is 0 Å². The summed E-state index contributed by atoms with van der Waals surface area (Å²) in [5.41, 5.74) is 3.41. The number of fused-ring (bicyclic) bond motifs is 3. The van der Waals surface area contributed by atoms with E-state index in [1.807, 2.05) is 37.8 Å². The molecule has 0 aliphatic heterocycles. The number of aromatic nitrogens is 3. The Balaban J connectivity index is 2.24. The summed E-state index contributed by atoms with van der Waals surface area (Å²) < 4.78 is 2.07. The van der Waals surface area contributed by atoms with Gasteiger partial charge in [0.15, 0.2) is 0 Å². The van der Waals surface area contributed by atoms with E-state index in [-0.39, 0.29) is 0 Å². The molecule has 0 radical (unpaired) electrons. The fourth-order valence-electron chi connectivity index (χ4n) is 3.03. The zero-order valence-corrected chi connectivity index (χ0v) is 12.6. The lowest BCUT2D eigenvalue weighted by Crippen LogP contribution is -2.31. The Morgan fingerprint density at radius 1 is 0.955 bits per heavy atom. The fraction of sp³-hybridized carbons (Fsp3) is 0.105. The number of hydrogen-bond acceptors (Lipinski definition) is 2. The molecule has 0 saturated heterocycles. The van der Waals surface area contributed by atoms with Crippen LogP contribution in [0, 0.1) is 6.92 Å². The Kier molecular flexibility index (Phi) is 2.86. The molecule has 0 aliphatic rings. The van der Waals surface area contributed by atoms with Crippen molar-refractivity contribution in [2.45, 2.75) is 6.92 Å². The number of aryl methyl sites for hydroxylation is 2. The van der Waals surface area contributed by atoms with E-state index >= 15 is 0 Å². The minimum absolute atomic E-state index is 0.974. The average Bonchev–Trinajstić information content (AvgIpc) is 2.55. The van der Waals surface area contributed by atoms with E-state index in [2.05, 4.69) is 51.8 Å². The summed E-state index contributed by atoms with van der Waals surface area (Å²) in [7, 11) is 2.03. The van der Waals surface area contributed by atoms with Gasteiger partial charge in [-0.1, -0.05) is 30.3 Å². The molecule has 0 fully saturated rings. The van der Waals surface area contributed by atoms with Crippen LogP contribution in [-0.2, 0) is 7.05 Å². The normalized spacial score (nSPS) is 11.2. The largest absolute Gasteiger partial charge is 0.330 e. The highest BCUT2D eigenvalue weighted by molar-refractivity contribution is 6.12. The van der Waals surface area contributed by atoms with Crippen LogP contribution in [0.2, 0.25) is 0 Å². The molecule has 0 saturated carbocycles. The monoisotopic (exact) mass is 286 g/mol. The van der Waals surface area contributed by atoms with Crippen LogP contribution in [0.5, 0.6) is 0 Å². The predicted molar refractivity (Wildman–Crippen MR) is 88.4 cm³/mol. The van der Waals surface area contributed by atoms with Crippen LogP contribution in [0.15, 0.2) is 61.1 Å². The highest BCUT2D eigenvalue weighted by Gasteiger charge is 2.19. The Hall–Kier alpha value is -2.81. The van der Waals surface area contributed by atoms with Crippen LogP contribution in [0.1, 0.15) is 5.56 Å². The summed E-state index contributed by atoms with van der Waals surface area (Å²) in [5.74, 6) is 0.974. The standard InChI is InChI=1S/C19H16N3/c1-13-8-9-14-12-21-16-7-4-3-6-15(16)18(14)17(13)19-20-10-5-11-22(19)2/h3-12H,1-2H3/q+1. The van der Waals surface area contributed by atoms with Crippen molar-refractivity contribution in [1.82, 2.24) is 9.97 Å². The third-order valence-electron chi connectivity index (χ3n) is 4.11. The molecule has 0 N–H and O–H groups in total. The molecule has 0 unspecified atom stereocenters. The summed E-state index contributed by atoms with van der Waals surface area (Å²) in [5, 5.41) is 3.54. The molecule has 2 aromatic carbocycles. The minimum atomic E-state index is 0.974. The molecular weight excluding hydrogens is 270 g/mol. The summed E-state index contributed by atoms with van der Waals surface area (Å²) >= 11 is 0. The summed E-state index contributed by atoms with van der Waals surface area (Å²) in [4.78, 5) is 9.18. The molecule has 2 aromatic heterocycles. The first-order valence-electron chi connectivity index (χ1n) is 7.34. The van der Waals surface area contributed by atoms with E-state index in [4.69, 9.17) is 0 Å². The lowest BCUT2D eigenvalue weighted by Gasteiger charge is -2.10. The maximum atomic E-state index is 4.61. The average molecular weight is 286 g/mol. The Morgan fingerprint density at radius 2 is 1.82 bits per heavy atom. The van der Waals surface area contributed by atoms with Crippen molar-refractivity contribution in [1.29, 1.82) is 0 Å². The van der Waals surface area contributed by atoms with Crippen molar-refractivity contribution in [3.05, 3.63) is 66.6 Å². The van der Waals surface area contributed by atoms with E-state index in [1.54, 1.807) is 0 Å². The van der Waals surface area contributed by atoms with Gasteiger partial charge in [0.2, 0.25) is 0 Å². The van der Waals surface area contributed by atoms with Gasteiger partial charge in [0.25, 0.3) is 0 Å².